The number of piperidine rings is 1. The molecule has 3 atom stereocenters. The smallest absolute Gasteiger partial charge is 0.0845 e. The summed E-state index contributed by atoms with van der Waals surface area (Å²) in [4.78, 5) is 2.47. The lowest BCUT2D eigenvalue weighted by Crippen LogP contribution is -2.42. The minimum Gasteiger partial charge on any atom is -0.369 e. The minimum atomic E-state index is 0.316. The van der Waals surface area contributed by atoms with Crippen LogP contribution in [0.2, 0.25) is 0 Å². The first kappa shape index (κ1) is 10.3. The van der Waals surface area contributed by atoms with Crippen LogP contribution in [0.25, 0.3) is 0 Å². The molecule has 0 radical (unpaired) electrons. The Morgan fingerprint density at radius 2 is 2.06 bits per heavy atom. The maximum atomic E-state index is 6.18. The second-order valence-electron chi connectivity index (χ2n) is 5.00. The summed E-state index contributed by atoms with van der Waals surface area (Å²) in [5.74, 6) is 0. The van der Waals surface area contributed by atoms with Gasteiger partial charge in [0.15, 0.2) is 0 Å². The first-order valence-electron chi connectivity index (χ1n) is 6.25. The second kappa shape index (κ2) is 4.19. The first-order chi connectivity index (χ1) is 7.84. The summed E-state index contributed by atoms with van der Waals surface area (Å²) in [6, 6.07) is 11.3. The van der Waals surface area contributed by atoms with E-state index in [1.54, 1.807) is 0 Å². The molecule has 2 aliphatic heterocycles. The molecule has 1 aromatic carbocycles. The molecule has 86 valence electrons. The van der Waals surface area contributed by atoms with Gasteiger partial charge in [0, 0.05) is 6.04 Å². The Morgan fingerprint density at radius 3 is 2.81 bits per heavy atom. The lowest BCUT2D eigenvalue weighted by atomic mass is 9.96. The van der Waals surface area contributed by atoms with Gasteiger partial charge in [-0.3, -0.25) is 0 Å². The molecule has 0 saturated carbocycles. The highest BCUT2D eigenvalue weighted by molar-refractivity contribution is 5.19. The highest BCUT2D eigenvalue weighted by Crippen LogP contribution is 2.38. The molecule has 2 fully saturated rings. The number of likely N-dealkylation sites (tertiary alicyclic amines) is 1. The number of hydrogen-bond acceptors (Lipinski definition) is 2. The Labute approximate surface area is 97.2 Å². The normalized spacial score (nSPS) is 34.9. The Hall–Kier alpha value is -0.860. The van der Waals surface area contributed by atoms with E-state index >= 15 is 0 Å². The van der Waals surface area contributed by atoms with Gasteiger partial charge in [-0.25, -0.2) is 0 Å². The fourth-order valence-electron chi connectivity index (χ4n) is 3.04. The standard InChI is InChI=1S/C14H19NO/c1-15-9-5-8-13-12(15)10-14(16-13)11-6-3-2-4-7-11/h2-4,6-7,12-14H,5,8-10H2,1H3. The number of fused-ring (bicyclic) bond motifs is 1. The summed E-state index contributed by atoms with van der Waals surface area (Å²) >= 11 is 0. The largest absolute Gasteiger partial charge is 0.369 e. The highest BCUT2D eigenvalue weighted by atomic mass is 16.5. The van der Waals surface area contributed by atoms with Crippen molar-refractivity contribution in [3.05, 3.63) is 35.9 Å². The van der Waals surface area contributed by atoms with Crippen LogP contribution in [0.15, 0.2) is 30.3 Å². The Bertz CT molecular complexity index is 351. The van der Waals surface area contributed by atoms with E-state index in [9.17, 15) is 0 Å². The summed E-state index contributed by atoms with van der Waals surface area (Å²) in [6.07, 6.45) is 4.45. The van der Waals surface area contributed by atoms with E-state index in [-0.39, 0.29) is 0 Å². The van der Waals surface area contributed by atoms with Crippen LogP contribution in [0.3, 0.4) is 0 Å². The molecule has 0 bridgehead atoms. The molecular formula is C14H19NO. The summed E-state index contributed by atoms with van der Waals surface area (Å²) in [5, 5.41) is 0. The van der Waals surface area contributed by atoms with E-state index < -0.39 is 0 Å². The molecule has 3 rings (SSSR count). The molecule has 2 saturated heterocycles. The number of benzene rings is 1. The monoisotopic (exact) mass is 217 g/mol. The number of likely N-dealkylation sites (N-methyl/N-ethyl adjacent to an activating group) is 1. The fourth-order valence-corrected chi connectivity index (χ4v) is 3.04. The van der Waals surface area contributed by atoms with Gasteiger partial charge in [0.1, 0.15) is 0 Å². The van der Waals surface area contributed by atoms with E-state index in [2.05, 4.69) is 42.3 Å². The molecule has 2 heterocycles. The molecular weight excluding hydrogens is 198 g/mol. The van der Waals surface area contributed by atoms with Crippen molar-refractivity contribution < 1.29 is 4.74 Å². The molecule has 0 spiro atoms. The predicted molar refractivity (Wildman–Crippen MR) is 64.3 cm³/mol. The van der Waals surface area contributed by atoms with Crippen LogP contribution < -0.4 is 0 Å². The van der Waals surface area contributed by atoms with Crippen LogP contribution in [-0.2, 0) is 4.74 Å². The SMILES string of the molecule is CN1CCCC2OC(c3ccccc3)CC21. The van der Waals surface area contributed by atoms with Gasteiger partial charge in [0.25, 0.3) is 0 Å². The molecule has 2 heteroatoms. The van der Waals surface area contributed by atoms with Crippen molar-refractivity contribution in [2.45, 2.75) is 37.5 Å². The van der Waals surface area contributed by atoms with E-state index in [0.717, 1.165) is 6.42 Å². The molecule has 3 unspecified atom stereocenters. The minimum absolute atomic E-state index is 0.316. The van der Waals surface area contributed by atoms with Crippen LogP contribution in [0.4, 0.5) is 0 Å². The topological polar surface area (TPSA) is 12.5 Å². The van der Waals surface area contributed by atoms with E-state index in [1.807, 2.05) is 0 Å². The summed E-state index contributed by atoms with van der Waals surface area (Å²) in [7, 11) is 2.23. The lowest BCUT2D eigenvalue weighted by molar-refractivity contribution is 0.00270. The average Bonchev–Trinajstić information content (AvgIpc) is 2.76. The average molecular weight is 217 g/mol. The molecule has 0 aliphatic carbocycles. The number of rotatable bonds is 1. The van der Waals surface area contributed by atoms with Gasteiger partial charge in [-0.15, -0.1) is 0 Å². The number of nitrogens with zero attached hydrogens (tertiary/aromatic N) is 1. The van der Waals surface area contributed by atoms with Gasteiger partial charge in [-0.05, 0) is 38.4 Å². The van der Waals surface area contributed by atoms with Gasteiger partial charge >= 0.3 is 0 Å². The third kappa shape index (κ3) is 1.76. The zero-order valence-electron chi connectivity index (χ0n) is 9.80. The third-order valence-electron chi connectivity index (χ3n) is 3.96. The second-order valence-corrected chi connectivity index (χ2v) is 5.00. The molecule has 0 N–H and O–H groups in total. The van der Waals surface area contributed by atoms with Crippen LogP contribution in [0, 0.1) is 0 Å². The Kier molecular flexibility index (Phi) is 2.70. The highest BCUT2D eigenvalue weighted by Gasteiger charge is 2.39. The lowest BCUT2D eigenvalue weighted by Gasteiger charge is -2.33. The van der Waals surface area contributed by atoms with E-state index in [1.165, 1.54) is 24.9 Å². The van der Waals surface area contributed by atoms with Crippen molar-refractivity contribution in [1.82, 2.24) is 4.90 Å². The fraction of sp³-hybridized carbons (Fsp3) is 0.571. The Morgan fingerprint density at radius 1 is 1.25 bits per heavy atom. The molecule has 0 aromatic heterocycles. The summed E-state index contributed by atoms with van der Waals surface area (Å²) in [5.41, 5.74) is 1.34. The predicted octanol–water partition coefficient (Wildman–Crippen LogP) is 2.61. The number of ether oxygens (including phenoxy) is 1. The first-order valence-corrected chi connectivity index (χ1v) is 6.25. The van der Waals surface area contributed by atoms with Gasteiger partial charge in [0.05, 0.1) is 12.2 Å². The molecule has 16 heavy (non-hydrogen) atoms. The molecule has 2 nitrogen and oxygen atoms in total. The quantitative estimate of drug-likeness (QED) is 0.717. The van der Waals surface area contributed by atoms with Crippen molar-refractivity contribution in [2.75, 3.05) is 13.6 Å². The maximum Gasteiger partial charge on any atom is 0.0845 e. The Balaban J connectivity index is 1.77. The third-order valence-corrected chi connectivity index (χ3v) is 3.96. The summed E-state index contributed by atoms with van der Waals surface area (Å²) < 4.78 is 6.18. The van der Waals surface area contributed by atoms with Gasteiger partial charge < -0.3 is 9.64 Å². The molecule has 2 aliphatic rings. The number of hydrogen-bond donors (Lipinski definition) is 0. The van der Waals surface area contributed by atoms with E-state index in [0.29, 0.717) is 18.2 Å². The van der Waals surface area contributed by atoms with Crippen molar-refractivity contribution in [1.29, 1.82) is 0 Å². The summed E-state index contributed by atoms with van der Waals surface area (Å²) in [6.45, 7) is 1.23. The van der Waals surface area contributed by atoms with Crippen molar-refractivity contribution >= 4 is 0 Å². The van der Waals surface area contributed by atoms with Crippen LogP contribution >= 0.6 is 0 Å². The molecule has 1 aromatic rings. The van der Waals surface area contributed by atoms with Gasteiger partial charge in [-0.1, -0.05) is 30.3 Å². The van der Waals surface area contributed by atoms with Crippen molar-refractivity contribution in [3.8, 4) is 0 Å². The maximum absolute atomic E-state index is 6.18. The zero-order chi connectivity index (χ0) is 11.0. The zero-order valence-corrected chi connectivity index (χ0v) is 9.80. The molecule has 0 amide bonds. The van der Waals surface area contributed by atoms with Crippen LogP contribution in [-0.4, -0.2) is 30.6 Å². The van der Waals surface area contributed by atoms with Gasteiger partial charge in [-0.2, -0.15) is 0 Å². The van der Waals surface area contributed by atoms with Crippen molar-refractivity contribution in [2.24, 2.45) is 0 Å². The van der Waals surface area contributed by atoms with Crippen LogP contribution in [0.5, 0.6) is 0 Å². The van der Waals surface area contributed by atoms with Gasteiger partial charge in [0.2, 0.25) is 0 Å². The van der Waals surface area contributed by atoms with E-state index in [4.69, 9.17) is 4.74 Å². The van der Waals surface area contributed by atoms with Crippen LogP contribution in [0.1, 0.15) is 30.9 Å². The van der Waals surface area contributed by atoms with Crippen molar-refractivity contribution in [3.63, 3.8) is 0 Å².